The van der Waals surface area contributed by atoms with Crippen molar-refractivity contribution in [2.75, 3.05) is 12.4 Å². The zero-order chi connectivity index (χ0) is 12.0. The van der Waals surface area contributed by atoms with E-state index in [2.05, 4.69) is 16.9 Å². The van der Waals surface area contributed by atoms with E-state index in [9.17, 15) is 0 Å². The number of aryl methyl sites for hydroxylation is 1. The highest BCUT2D eigenvalue weighted by atomic mass is 15.1. The number of rotatable bonds is 3. The minimum atomic E-state index is 0.402. The molecule has 0 aliphatic heterocycles. The molecule has 0 radical (unpaired) electrons. The minimum Gasteiger partial charge on any atom is -0.370 e. The molecule has 84 valence electrons. The van der Waals surface area contributed by atoms with Crippen LogP contribution in [-0.4, -0.2) is 13.0 Å². The summed E-state index contributed by atoms with van der Waals surface area (Å²) in [5.41, 5.74) is 8.86. The van der Waals surface area contributed by atoms with E-state index in [1.54, 1.807) is 13.1 Å². The van der Waals surface area contributed by atoms with Gasteiger partial charge in [-0.2, -0.15) is 0 Å². The van der Waals surface area contributed by atoms with Crippen LogP contribution in [0.15, 0.2) is 41.9 Å². The van der Waals surface area contributed by atoms with Gasteiger partial charge < -0.3 is 11.1 Å². The molecule has 3 heteroatoms. The zero-order valence-corrected chi connectivity index (χ0v) is 9.70. The van der Waals surface area contributed by atoms with Crippen LogP contribution in [-0.2, 0) is 0 Å². The van der Waals surface area contributed by atoms with E-state index in [0.29, 0.717) is 5.96 Å². The molecule has 0 saturated carbocycles. The van der Waals surface area contributed by atoms with Gasteiger partial charge in [0.2, 0.25) is 0 Å². The average molecular weight is 215 g/mol. The van der Waals surface area contributed by atoms with Crippen LogP contribution in [0.3, 0.4) is 0 Å². The molecular weight excluding hydrogens is 198 g/mol. The predicted octanol–water partition coefficient (Wildman–Crippen LogP) is 2.55. The summed E-state index contributed by atoms with van der Waals surface area (Å²) >= 11 is 0. The van der Waals surface area contributed by atoms with Crippen molar-refractivity contribution in [1.29, 1.82) is 0 Å². The molecule has 0 aromatic heterocycles. The first kappa shape index (κ1) is 12.0. The molecule has 0 bridgehead atoms. The van der Waals surface area contributed by atoms with E-state index in [-0.39, 0.29) is 0 Å². The summed E-state index contributed by atoms with van der Waals surface area (Å²) in [7, 11) is 1.65. The van der Waals surface area contributed by atoms with Gasteiger partial charge in [-0.25, -0.2) is 0 Å². The quantitative estimate of drug-likeness (QED) is 0.462. The van der Waals surface area contributed by atoms with Crippen molar-refractivity contribution in [3.05, 3.63) is 48.1 Å². The number of hydrogen-bond acceptors (Lipinski definition) is 1. The highest BCUT2D eigenvalue weighted by molar-refractivity contribution is 5.94. The second-order valence-electron chi connectivity index (χ2n) is 3.36. The van der Waals surface area contributed by atoms with Crippen molar-refractivity contribution >= 4 is 17.7 Å². The van der Waals surface area contributed by atoms with Crippen LogP contribution in [0, 0.1) is 6.92 Å². The van der Waals surface area contributed by atoms with Crippen LogP contribution in [0.1, 0.15) is 11.1 Å². The summed E-state index contributed by atoms with van der Waals surface area (Å²) in [6, 6.07) is 5.99. The maximum Gasteiger partial charge on any atom is 0.192 e. The number of aliphatic imine (C=N–C) groups is 1. The SMILES string of the molecule is C=C/C=C\c1c(C)cccc1NC(N)=NC. The first-order chi connectivity index (χ1) is 7.69. The first-order valence-electron chi connectivity index (χ1n) is 5.07. The zero-order valence-electron chi connectivity index (χ0n) is 9.70. The highest BCUT2D eigenvalue weighted by Crippen LogP contribution is 2.20. The smallest absolute Gasteiger partial charge is 0.192 e. The van der Waals surface area contributed by atoms with Crippen LogP contribution in [0.5, 0.6) is 0 Å². The molecule has 1 aromatic rings. The third kappa shape index (κ3) is 2.98. The second-order valence-corrected chi connectivity index (χ2v) is 3.36. The van der Waals surface area contributed by atoms with E-state index in [4.69, 9.17) is 5.73 Å². The summed E-state index contributed by atoms with van der Waals surface area (Å²) in [5.74, 6) is 0.402. The Kier molecular flexibility index (Phi) is 4.33. The molecule has 0 aliphatic rings. The number of nitrogens with one attached hydrogen (secondary N) is 1. The van der Waals surface area contributed by atoms with E-state index in [1.165, 1.54) is 5.56 Å². The van der Waals surface area contributed by atoms with Crippen LogP contribution in [0.2, 0.25) is 0 Å². The third-order valence-electron chi connectivity index (χ3n) is 2.23. The maximum atomic E-state index is 5.65. The Labute approximate surface area is 96.4 Å². The predicted molar refractivity (Wildman–Crippen MR) is 71.6 cm³/mol. The lowest BCUT2D eigenvalue weighted by Crippen LogP contribution is -2.22. The fraction of sp³-hybridized carbons (Fsp3) is 0.154. The molecule has 0 atom stereocenters. The van der Waals surface area contributed by atoms with E-state index >= 15 is 0 Å². The van der Waals surface area contributed by atoms with Crippen LogP contribution >= 0.6 is 0 Å². The molecule has 3 nitrogen and oxygen atoms in total. The number of benzene rings is 1. The number of hydrogen-bond donors (Lipinski definition) is 2. The summed E-state index contributed by atoms with van der Waals surface area (Å²) in [6.07, 6.45) is 5.63. The van der Waals surface area contributed by atoms with Crippen LogP contribution in [0.25, 0.3) is 6.08 Å². The fourth-order valence-electron chi connectivity index (χ4n) is 1.37. The molecule has 0 saturated heterocycles. The van der Waals surface area contributed by atoms with Crippen molar-refractivity contribution < 1.29 is 0 Å². The van der Waals surface area contributed by atoms with Gasteiger partial charge in [-0.15, -0.1) is 0 Å². The van der Waals surface area contributed by atoms with Gasteiger partial charge in [0.05, 0.1) is 0 Å². The molecule has 0 heterocycles. The van der Waals surface area contributed by atoms with E-state index < -0.39 is 0 Å². The van der Waals surface area contributed by atoms with Gasteiger partial charge in [-0.05, 0) is 18.6 Å². The average Bonchev–Trinajstić information content (AvgIpc) is 2.28. The Morgan fingerprint density at radius 2 is 2.25 bits per heavy atom. The molecule has 1 aromatic carbocycles. The number of nitrogens with zero attached hydrogens (tertiary/aromatic N) is 1. The van der Waals surface area contributed by atoms with Gasteiger partial charge in [-0.3, -0.25) is 4.99 Å². The molecule has 0 unspecified atom stereocenters. The molecule has 0 fully saturated rings. The van der Waals surface area contributed by atoms with Crippen LogP contribution in [0.4, 0.5) is 5.69 Å². The standard InChI is InChI=1S/C13H17N3/c1-4-5-8-11-10(2)7-6-9-12(11)16-13(14)15-3/h4-9H,1H2,2-3H3,(H3,14,15,16)/b8-5-. The normalized spacial score (nSPS) is 11.8. The maximum absolute atomic E-state index is 5.65. The van der Waals surface area contributed by atoms with Gasteiger partial charge in [-0.1, -0.05) is 36.9 Å². The lowest BCUT2D eigenvalue weighted by molar-refractivity contribution is 1.36. The summed E-state index contributed by atoms with van der Waals surface area (Å²) in [6.45, 7) is 5.71. The van der Waals surface area contributed by atoms with E-state index in [0.717, 1.165) is 11.3 Å². The molecule has 3 N–H and O–H groups in total. The lowest BCUT2D eigenvalue weighted by atomic mass is 10.1. The minimum absolute atomic E-state index is 0.402. The highest BCUT2D eigenvalue weighted by Gasteiger charge is 2.02. The van der Waals surface area contributed by atoms with Gasteiger partial charge in [0.25, 0.3) is 0 Å². The molecule has 16 heavy (non-hydrogen) atoms. The van der Waals surface area contributed by atoms with Crippen molar-refractivity contribution in [2.24, 2.45) is 10.7 Å². The Hall–Kier alpha value is -2.03. The Morgan fingerprint density at radius 1 is 1.50 bits per heavy atom. The number of anilines is 1. The summed E-state index contributed by atoms with van der Waals surface area (Å²) in [4.78, 5) is 3.87. The van der Waals surface area contributed by atoms with Gasteiger partial charge in [0, 0.05) is 18.3 Å². The first-order valence-corrected chi connectivity index (χ1v) is 5.07. The molecule has 0 spiro atoms. The third-order valence-corrected chi connectivity index (χ3v) is 2.23. The largest absolute Gasteiger partial charge is 0.370 e. The number of nitrogens with two attached hydrogens (primary N) is 1. The van der Waals surface area contributed by atoms with Crippen molar-refractivity contribution in [3.8, 4) is 0 Å². The van der Waals surface area contributed by atoms with Crippen molar-refractivity contribution in [2.45, 2.75) is 6.92 Å². The van der Waals surface area contributed by atoms with Gasteiger partial charge in [0.1, 0.15) is 0 Å². The van der Waals surface area contributed by atoms with Crippen molar-refractivity contribution in [1.82, 2.24) is 0 Å². The Balaban J connectivity index is 3.12. The monoisotopic (exact) mass is 215 g/mol. The second kappa shape index (κ2) is 5.75. The molecule has 0 amide bonds. The number of guanidine groups is 1. The number of allylic oxidation sites excluding steroid dienone is 2. The molecular formula is C13H17N3. The molecule has 0 aliphatic carbocycles. The van der Waals surface area contributed by atoms with Gasteiger partial charge >= 0.3 is 0 Å². The Morgan fingerprint density at radius 3 is 2.88 bits per heavy atom. The fourth-order valence-corrected chi connectivity index (χ4v) is 1.37. The van der Waals surface area contributed by atoms with E-state index in [1.807, 2.05) is 37.3 Å². The topological polar surface area (TPSA) is 50.4 Å². The van der Waals surface area contributed by atoms with Gasteiger partial charge in [0.15, 0.2) is 5.96 Å². The lowest BCUT2D eigenvalue weighted by Gasteiger charge is -2.10. The Bertz CT molecular complexity index is 431. The molecule has 1 rings (SSSR count). The van der Waals surface area contributed by atoms with Crippen molar-refractivity contribution in [3.63, 3.8) is 0 Å². The van der Waals surface area contributed by atoms with Crippen LogP contribution < -0.4 is 11.1 Å². The summed E-state index contributed by atoms with van der Waals surface area (Å²) in [5, 5.41) is 3.05. The summed E-state index contributed by atoms with van der Waals surface area (Å²) < 4.78 is 0.